The highest BCUT2D eigenvalue weighted by Gasteiger charge is 2.18. The Bertz CT molecular complexity index is 878. The van der Waals surface area contributed by atoms with Gasteiger partial charge in [0.25, 0.3) is 5.91 Å². The monoisotopic (exact) mass is 432 g/mol. The summed E-state index contributed by atoms with van der Waals surface area (Å²) in [5.41, 5.74) is 5.39. The van der Waals surface area contributed by atoms with E-state index < -0.39 is 11.8 Å². The SMILES string of the molecule is CCOc1ccc(C(=O)CCC(=O)NNC(=O)c2csc(N3CCOCC3)n2)cc1. The lowest BCUT2D eigenvalue weighted by atomic mass is 10.1. The number of carbonyl (C=O) groups is 3. The fraction of sp³-hybridized carbons (Fsp3) is 0.400. The number of amides is 2. The topological polar surface area (TPSA) is 110 Å². The normalized spacial score (nSPS) is 13.6. The number of nitrogens with zero attached hydrogens (tertiary/aromatic N) is 2. The summed E-state index contributed by atoms with van der Waals surface area (Å²) in [5.74, 6) is -0.425. The number of carbonyl (C=O) groups excluding carboxylic acids is 3. The molecule has 0 spiro atoms. The van der Waals surface area contributed by atoms with Gasteiger partial charge < -0.3 is 14.4 Å². The van der Waals surface area contributed by atoms with Crippen molar-refractivity contribution in [3.05, 3.63) is 40.9 Å². The summed E-state index contributed by atoms with van der Waals surface area (Å²) in [6.45, 7) is 5.16. The van der Waals surface area contributed by atoms with E-state index in [0.29, 0.717) is 31.1 Å². The summed E-state index contributed by atoms with van der Waals surface area (Å²) < 4.78 is 10.6. The molecule has 0 bridgehead atoms. The molecule has 0 atom stereocenters. The lowest BCUT2D eigenvalue weighted by molar-refractivity contribution is -0.121. The molecule has 2 N–H and O–H groups in total. The van der Waals surface area contributed by atoms with Gasteiger partial charge >= 0.3 is 0 Å². The molecule has 160 valence electrons. The van der Waals surface area contributed by atoms with Crippen LogP contribution in [0, 0.1) is 0 Å². The quantitative estimate of drug-likeness (QED) is 0.483. The zero-order valence-corrected chi connectivity index (χ0v) is 17.5. The van der Waals surface area contributed by atoms with Crippen LogP contribution in [-0.2, 0) is 9.53 Å². The minimum Gasteiger partial charge on any atom is -0.494 e. The van der Waals surface area contributed by atoms with Crippen LogP contribution in [-0.4, -0.2) is 55.5 Å². The second-order valence-electron chi connectivity index (χ2n) is 6.50. The number of ether oxygens (including phenoxy) is 2. The summed E-state index contributed by atoms with van der Waals surface area (Å²) in [7, 11) is 0. The van der Waals surface area contributed by atoms with E-state index in [1.807, 2.05) is 6.92 Å². The Morgan fingerprint density at radius 3 is 2.57 bits per heavy atom. The van der Waals surface area contributed by atoms with Crippen molar-refractivity contribution in [1.82, 2.24) is 15.8 Å². The molecule has 2 aromatic rings. The first-order chi connectivity index (χ1) is 14.6. The number of anilines is 1. The Morgan fingerprint density at radius 1 is 1.13 bits per heavy atom. The largest absolute Gasteiger partial charge is 0.494 e. The number of rotatable bonds is 8. The van der Waals surface area contributed by atoms with Crippen LogP contribution in [0.4, 0.5) is 5.13 Å². The number of aromatic nitrogens is 1. The molecule has 0 saturated carbocycles. The van der Waals surface area contributed by atoms with Crippen LogP contribution in [0.5, 0.6) is 5.75 Å². The molecular formula is C20H24N4O5S. The van der Waals surface area contributed by atoms with E-state index in [9.17, 15) is 14.4 Å². The van der Waals surface area contributed by atoms with E-state index >= 15 is 0 Å². The lowest BCUT2D eigenvalue weighted by Gasteiger charge is -2.25. The molecule has 0 aliphatic carbocycles. The number of ketones is 1. The van der Waals surface area contributed by atoms with Crippen molar-refractivity contribution in [2.45, 2.75) is 19.8 Å². The Hall–Kier alpha value is -2.98. The molecule has 0 unspecified atom stereocenters. The molecule has 9 nitrogen and oxygen atoms in total. The predicted octanol–water partition coefficient (Wildman–Crippen LogP) is 1.80. The van der Waals surface area contributed by atoms with Gasteiger partial charge in [-0.05, 0) is 31.2 Å². The Labute approximate surface area is 178 Å². The van der Waals surface area contributed by atoms with E-state index in [1.54, 1.807) is 29.6 Å². The maximum Gasteiger partial charge on any atom is 0.289 e. The number of nitrogens with one attached hydrogen (secondary N) is 2. The highest BCUT2D eigenvalue weighted by Crippen LogP contribution is 2.21. The molecule has 10 heteroatoms. The number of hydrogen-bond acceptors (Lipinski definition) is 8. The molecule has 1 aromatic heterocycles. The molecule has 30 heavy (non-hydrogen) atoms. The van der Waals surface area contributed by atoms with Crippen LogP contribution in [0.2, 0.25) is 0 Å². The van der Waals surface area contributed by atoms with Crippen molar-refractivity contribution < 1.29 is 23.9 Å². The second kappa shape index (κ2) is 10.7. The first-order valence-electron chi connectivity index (χ1n) is 9.70. The first-order valence-corrected chi connectivity index (χ1v) is 10.6. The number of morpholine rings is 1. The summed E-state index contributed by atoms with van der Waals surface area (Å²) >= 11 is 1.37. The van der Waals surface area contributed by atoms with E-state index in [-0.39, 0.29) is 24.3 Å². The van der Waals surface area contributed by atoms with Crippen LogP contribution in [0.15, 0.2) is 29.6 Å². The molecule has 1 saturated heterocycles. The standard InChI is InChI=1S/C20H24N4O5S/c1-2-29-15-5-3-14(4-6-15)17(25)7-8-18(26)22-23-19(27)16-13-30-20(21-16)24-9-11-28-12-10-24/h3-6,13H,2,7-12H2,1H3,(H,22,26)(H,23,27). The number of Topliss-reactive ketones (excluding diaryl/α,β-unsaturated/α-hetero) is 1. The Morgan fingerprint density at radius 2 is 1.87 bits per heavy atom. The molecule has 2 amide bonds. The van der Waals surface area contributed by atoms with Gasteiger partial charge in [0.2, 0.25) is 5.91 Å². The van der Waals surface area contributed by atoms with Crippen LogP contribution < -0.4 is 20.5 Å². The lowest BCUT2D eigenvalue weighted by Crippen LogP contribution is -2.42. The maximum absolute atomic E-state index is 12.2. The molecule has 1 aromatic carbocycles. The Balaban J connectivity index is 1.41. The Kier molecular flexibility index (Phi) is 7.75. The van der Waals surface area contributed by atoms with Crippen LogP contribution in [0.1, 0.15) is 40.6 Å². The summed E-state index contributed by atoms with van der Waals surface area (Å²) in [5, 5.41) is 2.39. The molecule has 2 heterocycles. The van der Waals surface area contributed by atoms with Gasteiger partial charge in [-0.1, -0.05) is 0 Å². The molecular weight excluding hydrogens is 408 g/mol. The number of thiazole rings is 1. The third-order valence-electron chi connectivity index (χ3n) is 4.39. The van der Waals surface area contributed by atoms with E-state index in [4.69, 9.17) is 9.47 Å². The summed E-state index contributed by atoms with van der Waals surface area (Å²) in [4.78, 5) is 42.7. The van der Waals surface area contributed by atoms with Crippen LogP contribution >= 0.6 is 11.3 Å². The molecule has 1 aliphatic rings. The van der Waals surface area contributed by atoms with Crippen molar-refractivity contribution in [1.29, 1.82) is 0 Å². The number of benzene rings is 1. The minimum absolute atomic E-state index is 0.0353. The third-order valence-corrected chi connectivity index (χ3v) is 5.29. The zero-order valence-electron chi connectivity index (χ0n) is 16.7. The summed E-state index contributed by atoms with van der Waals surface area (Å²) in [6.07, 6.45) is -0.00398. The average molecular weight is 433 g/mol. The average Bonchev–Trinajstić information content (AvgIpc) is 3.27. The van der Waals surface area contributed by atoms with Crippen molar-refractivity contribution in [2.75, 3.05) is 37.8 Å². The molecule has 1 aliphatic heterocycles. The van der Waals surface area contributed by atoms with E-state index in [0.717, 1.165) is 18.2 Å². The van der Waals surface area contributed by atoms with Crippen molar-refractivity contribution in [3.63, 3.8) is 0 Å². The van der Waals surface area contributed by atoms with Crippen LogP contribution in [0.25, 0.3) is 0 Å². The van der Waals surface area contributed by atoms with Gasteiger partial charge in [0.05, 0.1) is 19.8 Å². The fourth-order valence-electron chi connectivity index (χ4n) is 2.80. The van der Waals surface area contributed by atoms with Gasteiger partial charge in [0.1, 0.15) is 11.4 Å². The third kappa shape index (κ3) is 6.01. The van der Waals surface area contributed by atoms with Gasteiger partial charge in [-0.25, -0.2) is 4.98 Å². The molecule has 1 fully saturated rings. The van der Waals surface area contributed by atoms with Crippen molar-refractivity contribution in [3.8, 4) is 5.75 Å². The minimum atomic E-state index is -0.503. The smallest absolute Gasteiger partial charge is 0.289 e. The van der Waals surface area contributed by atoms with Crippen LogP contribution in [0.3, 0.4) is 0 Å². The van der Waals surface area contributed by atoms with Crippen molar-refractivity contribution >= 4 is 34.1 Å². The fourth-order valence-corrected chi connectivity index (χ4v) is 3.66. The highest BCUT2D eigenvalue weighted by molar-refractivity contribution is 7.13. The van der Waals surface area contributed by atoms with Gasteiger partial charge in [0.15, 0.2) is 10.9 Å². The number of hydrogen-bond donors (Lipinski definition) is 2. The van der Waals surface area contributed by atoms with Gasteiger partial charge in [-0.15, -0.1) is 11.3 Å². The number of hydrazine groups is 1. The second-order valence-corrected chi connectivity index (χ2v) is 7.33. The highest BCUT2D eigenvalue weighted by atomic mass is 32.1. The van der Waals surface area contributed by atoms with E-state index in [1.165, 1.54) is 11.3 Å². The first kappa shape index (κ1) is 21.7. The molecule has 3 rings (SSSR count). The predicted molar refractivity (Wildman–Crippen MR) is 112 cm³/mol. The maximum atomic E-state index is 12.2. The van der Waals surface area contributed by atoms with Crippen molar-refractivity contribution in [2.24, 2.45) is 0 Å². The van der Waals surface area contributed by atoms with Gasteiger partial charge in [0, 0.05) is 36.9 Å². The van der Waals surface area contributed by atoms with Gasteiger partial charge in [-0.3, -0.25) is 25.2 Å². The zero-order chi connectivity index (χ0) is 21.3. The van der Waals surface area contributed by atoms with E-state index in [2.05, 4.69) is 20.7 Å². The summed E-state index contributed by atoms with van der Waals surface area (Å²) in [6, 6.07) is 6.77. The molecule has 0 radical (unpaired) electrons. The van der Waals surface area contributed by atoms with Gasteiger partial charge in [-0.2, -0.15) is 0 Å².